The number of nitrogens with two attached hydrogens (primary N) is 1. The van der Waals surface area contributed by atoms with Crippen LogP contribution in [0.4, 0.5) is 11.5 Å². The first-order valence-electron chi connectivity index (χ1n) is 4.68. The smallest absolute Gasteiger partial charge is 0.276 e. The summed E-state index contributed by atoms with van der Waals surface area (Å²) < 4.78 is 0. The van der Waals surface area contributed by atoms with Crippen molar-refractivity contribution >= 4 is 11.5 Å². The van der Waals surface area contributed by atoms with Gasteiger partial charge in [-0.15, -0.1) is 0 Å². The van der Waals surface area contributed by atoms with Crippen molar-refractivity contribution in [2.24, 2.45) is 0 Å². The van der Waals surface area contributed by atoms with E-state index in [-0.39, 0.29) is 11.2 Å². The predicted molar refractivity (Wildman–Crippen MR) is 57.8 cm³/mol. The summed E-state index contributed by atoms with van der Waals surface area (Å²) in [6, 6.07) is 0. The van der Waals surface area contributed by atoms with Gasteiger partial charge in [0.1, 0.15) is 17.8 Å². The van der Waals surface area contributed by atoms with Gasteiger partial charge in [-0.05, 0) is 0 Å². The van der Waals surface area contributed by atoms with Gasteiger partial charge in [0.25, 0.3) is 5.56 Å². The van der Waals surface area contributed by atoms with Crippen LogP contribution in [-0.2, 0) is 6.42 Å². The highest BCUT2D eigenvalue weighted by atomic mass is 16.1. The SMILES string of the molecule is Nc1c(NCCc2ncn[nH]2)nc[nH]c1=O. The average molecular weight is 221 g/mol. The van der Waals surface area contributed by atoms with Crippen molar-refractivity contribution in [3.8, 4) is 0 Å². The summed E-state index contributed by atoms with van der Waals surface area (Å²) in [5, 5.41) is 9.40. The van der Waals surface area contributed by atoms with Crippen LogP contribution in [0.15, 0.2) is 17.4 Å². The van der Waals surface area contributed by atoms with Crippen LogP contribution in [0, 0.1) is 0 Å². The lowest BCUT2D eigenvalue weighted by Crippen LogP contribution is -2.17. The largest absolute Gasteiger partial charge is 0.391 e. The highest BCUT2D eigenvalue weighted by molar-refractivity contribution is 5.58. The highest BCUT2D eigenvalue weighted by Gasteiger charge is 2.03. The predicted octanol–water partition coefficient (Wildman–Crippen LogP) is -0.875. The van der Waals surface area contributed by atoms with Gasteiger partial charge in [0.15, 0.2) is 5.82 Å². The number of nitrogen functional groups attached to an aromatic ring is 1. The summed E-state index contributed by atoms with van der Waals surface area (Å²) in [6.07, 6.45) is 3.39. The lowest BCUT2D eigenvalue weighted by Gasteiger charge is -2.05. The summed E-state index contributed by atoms with van der Waals surface area (Å²) in [5.41, 5.74) is 5.27. The van der Waals surface area contributed by atoms with Crippen LogP contribution in [0.5, 0.6) is 0 Å². The van der Waals surface area contributed by atoms with Crippen LogP contribution < -0.4 is 16.6 Å². The molecule has 84 valence electrons. The second-order valence-corrected chi connectivity index (χ2v) is 3.10. The molecule has 0 atom stereocenters. The molecule has 8 heteroatoms. The molecule has 2 aromatic heterocycles. The van der Waals surface area contributed by atoms with E-state index in [1.54, 1.807) is 0 Å². The Bertz CT molecular complexity index is 503. The Hall–Kier alpha value is -2.38. The fraction of sp³-hybridized carbons (Fsp3) is 0.250. The van der Waals surface area contributed by atoms with E-state index >= 15 is 0 Å². The maximum Gasteiger partial charge on any atom is 0.276 e. The Kier molecular flexibility index (Phi) is 2.81. The molecule has 2 aromatic rings. The first-order valence-corrected chi connectivity index (χ1v) is 4.68. The third-order valence-corrected chi connectivity index (χ3v) is 2.01. The van der Waals surface area contributed by atoms with Crippen molar-refractivity contribution in [3.05, 3.63) is 28.8 Å². The van der Waals surface area contributed by atoms with Crippen LogP contribution in [0.2, 0.25) is 0 Å². The third-order valence-electron chi connectivity index (χ3n) is 2.01. The topological polar surface area (TPSA) is 125 Å². The summed E-state index contributed by atoms with van der Waals surface area (Å²) in [5.74, 6) is 1.14. The zero-order valence-electron chi connectivity index (χ0n) is 8.40. The molecule has 0 saturated heterocycles. The first kappa shape index (κ1) is 10.1. The number of H-pyrrole nitrogens is 2. The lowest BCUT2D eigenvalue weighted by atomic mass is 10.4. The molecule has 8 nitrogen and oxygen atoms in total. The minimum absolute atomic E-state index is 0.0834. The van der Waals surface area contributed by atoms with E-state index in [1.807, 2.05) is 0 Å². The van der Waals surface area contributed by atoms with Crippen molar-refractivity contribution < 1.29 is 0 Å². The Labute approximate surface area is 90.3 Å². The molecule has 16 heavy (non-hydrogen) atoms. The molecule has 0 aliphatic rings. The average Bonchev–Trinajstić information content (AvgIpc) is 2.77. The number of nitrogens with zero attached hydrogens (tertiary/aromatic N) is 3. The van der Waals surface area contributed by atoms with Crippen LogP contribution >= 0.6 is 0 Å². The number of aromatic nitrogens is 5. The number of nitrogens with one attached hydrogen (secondary N) is 3. The third kappa shape index (κ3) is 2.16. The Morgan fingerprint density at radius 2 is 2.31 bits per heavy atom. The molecule has 0 saturated carbocycles. The Morgan fingerprint density at radius 3 is 3.06 bits per heavy atom. The lowest BCUT2D eigenvalue weighted by molar-refractivity contribution is 0.895. The molecule has 0 aliphatic carbocycles. The van der Waals surface area contributed by atoms with E-state index in [9.17, 15) is 4.79 Å². The molecule has 0 bridgehead atoms. The summed E-state index contributed by atoms with van der Waals surface area (Å²) >= 11 is 0. The normalized spacial score (nSPS) is 10.2. The van der Waals surface area contributed by atoms with E-state index in [0.717, 1.165) is 5.82 Å². The van der Waals surface area contributed by atoms with Gasteiger partial charge in [0, 0.05) is 13.0 Å². The van der Waals surface area contributed by atoms with E-state index < -0.39 is 0 Å². The van der Waals surface area contributed by atoms with Crippen LogP contribution in [0.25, 0.3) is 0 Å². The van der Waals surface area contributed by atoms with Crippen molar-refractivity contribution in [2.75, 3.05) is 17.6 Å². The van der Waals surface area contributed by atoms with Gasteiger partial charge in [-0.3, -0.25) is 9.89 Å². The molecule has 0 fully saturated rings. The maximum atomic E-state index is 11.1. The van der Waals surface area contributed by atoms with Gasteiger partial charge >= 0.3 is 0 Å². The number of anilines is 2. The van der Waals surface area contributed by atoms with E-state index in [4.69, 9.17) is 5.73 Å². The zero-order valence-corrected chi connectivity index (χ0v) is 8.40. The molecular formula is C8H11N7O. The molecule has 0 radical (unpaired) electrons. The highest BCUT2D eigenvalue weighted by Crippen LogP contribution is 2.06. The minimum atomic E-state index is -0.350. The quantitative estimate of drug-likeness (QED) is 0.531. The van der Waals surface area contributed by atoms with Crippen molar-refractivity contribution in [2.45, 2.75) is 6.42 Å². The summed E-state index contributed by atoms with van der Waals surface area (Å²) in [6.45, 7) is 0.565. The number of aromatic amines is 2. The van der Waals surface area contributed by atoms with E-state index in [0.29, 0.717) is 18.8 Å². The fourth-order valence-electron chi connectivity index (χ4n) is 1.20. The first-order chi connectivity index (χ1) is 7.77. The minimum Gasteiger partial charge on any atom is -0.391 e. The van der Waals surface area contributed by atoms with Gasteiger partial charge in [0.2, 0.25) is 0 Å². The Balaban J connectivity index is 1.95. The second kappa shape index (κ2) is 4.43. The van der Waals surface area contributed by atoms with Crippen LogP contribution in [0.3, 0.4) is 0 Å². The summed E-state index contributed by atoms with van der Waals surface area (Å²) in [4.78, 5) is 21.4. The maximum absolute atomic E-state index is 11.1. The van der Waals surface area contributed by atoms with Crippen molar-refractivity contribution in [3.63, 3.8) is 0 Å². The molecule has 0 aliphatic heterocycles. The molecule has 2 rings (SSSR count). The van der Waals surface area contributed by atoms with Gasteiger partial charge in [-0.1, -0.05) is 0 Å². The molecule has 0 spiro atoms. The Morgan fingerprint density at radius 1 is 1.44 bits per heavy atom. The second-order valence-electron chi connectivity index (χ2n) is 3.10. The van der Waals surface area contributed by atoms with Crippen molar-refractivity contribution in [1.29, 1.82) is 0 Å². The van der Waals surface area contributed by atoms with Crippen LogP contribution in [-0.4, -0.2) is 31.7 Å². The van der Waals surface area contributed by atoms with Gasteiger partial charge in [-0.25, -0.2) is 9.97 Å². The number of rotatable bonds is 4. The molecule has 0 unspecified atom stereocenters. The monoisotopic (exact) mass is 221 g/mol. The molecule has 2 heterocycles. The van der Waals surface area contributed by atoms with Gasteiger partial charge < -0.3 is 16.0 Å². The zero-order chi connectivity index (χ0) is 11.4. The van der Waals surface area contributed by atoms with Crippen LogP contribution in [0.1, 0.15) is 5.82 Å². The summed E-state index contributed by atoms with van der Waals surface area (Å²) in [7, 11) is 0. The fourth-order valence-corrected chi connectivity index (χ4v) is 1.20. The standard InChI is InChI=1S/C8H11N7O/c9-6-7(12-3-13-8(6)16)10-2-1-5-11-4-14-15-5/h3-4H,1-2,9H2,(H,11,14,15)(H2,10,12,13,16). The van der Waals surface area contributed by atoms with E-state index in [2.05, 4.69) is 30.5 Å². The van der Waals surface area contributed by atoms with Crippen molar-refractivity contribution in [1.82, 2.24) is 25.1 Å². The molecule has 0 aromatic carbocycles. The van der Waals surface area contributed by atoms with Gasteiger partial charge in [-0.2, -0.15) is 5.10 Å². The van der Waals surface area contributed by atoms with E-state index in [1.165, 1.54) is 12.7 Å². The number of hydrogen-bond acceptors (Lipinski definition) is 6. The number of hydrogen-bond donors (Lipinski definition) is 4. The van der Waals surface area contributed by atoms with Gasteiger partial charge in [0.05, 0.1) is 6.33 Å². The molecule has 5 N–H and O–H groups in total. The molecular weight excluding hydrogens is 210 g/mol. The molecule has 0 amide bonds.